The largest absolute Gasteiger partial charge is 0.393 e. The van der Waals surface area contributed by atoms with E-state index in [4.69, 9.17) is 0 Å². The lowest BCUT2D eigenvalue weighted by Crippen LogP contribution is -2.39. The highest BCUT2D eigenvalue weighted by Gasteiger charge is 2.28. The van der Waals surface area contributed by atoms with Crippen LogP contribution in [0.1, 0.15) is 12.8 Å². The lowest BCUT2D eigenvalue weighted by Gasteiger charge is -2.31. The fourth-order valence-electron chi connectivity index (χ4n) is 1.91. The number of nitrogens with zero attached hydrogens (tertiary/aromatic N) is 4. The molecule has 0 atom stereocenters. The Bertz CT molecular complexity index is 492. The molecule has 1 aliphatic rings. The van der Waals surface area contributed by atoms with Gasteiger partial charge in [-0.05, 0) is 35.4 Å². The zero-order chi connectivity index (χ0) is 11.7. The minimum atomic E-state index is -0.187. The van der Waals surface area contributed by atoms with Crippen molar-refractivity contribution in [2.75, 3.05) is 5.32 Å². The highest BCUT2D eigenvalue weighted by Crippen LogP contribution is 2.23. The predicted octanol–water partition coefficient (Wildman–Crippen LogP) is 0.597. The summed E-state index contributed by atoms with van der Waals surface area (Å²) in [6, 6.07) is 9.97. The topological polar surface area (TPSA) is 75.9 Å². The first kappa shape index (κ1) is 10.2. The smallest absolute Gasteiger partial charge is 0.247 e. The van der Waals surface area contributed by atoms with E-state index in [9.17, 15) is 5.11 Å². The first-order valence-electron chi connectivity index (χ1n) is 5.61. The Kier molecular flexibility index (Phi) is 2.49. The first-order valence-corrected chi connectivity index (χ1v) is 5.61. The Morgan fingerprint density at radius 1 is 1.24 bits per heavy atom. The summed E-state index contributed by atoms with van der Waals surface area (Å²) in [6.45, 7) is 0. The van der Waals surface area contributed by atoms with Crippen molar-refractivity contribution in [3.05, 3.63) is 30.3 Å². The second-order valence-electron chi connectivity index (χ2n) is 4.22. The molecule has 1 heterocycles. The Balaban J connectivity index is 1.80. The van der Waals surface area contributed by atoms with Gasteiger partial charge in [0.1, 0.15) is 0 Å². The van der Waals surface area contributed by atoms with Crippen LogP contribution in [0.15, 0.2) is 30.3 Å². The summed E-state index contributed by atoms with van der Waals surface area (Å²) in [7, 11) is 0. The van der Waals surface area contributed by atoms with Gasteiger partial charge in [-0.15, -0.1) is 0 Å². The number of tetrazole rings is 1. The van der Waals surface area contributed by atoms with Crippen LogP contribution in [-0.2, 0) is 0 Å². The highest BCUT2D eigenvalue weighted by atomic mass is 16.3. The highest BCUT2D eigenvalue weighted by molar-refractivity contribution is 5.39. The van der Waals surface area contributed by atoms with Crippen molar-refractivity contribution in [3.63, 3.8) is 0 Å². The number of para-hydroxylation sites is 1. The number of hydrogen-bond donors (Lipinski definition) is 2. The maximum Gasteiger partial charge on any atom is 0.247 e. The molecule has 3 rings (SSSR count). The maximum atomic E-state index is 9.23. The zero-order valence-corrected chi connectivity index (χ0v) is 9.19. The molecule has 1 fully saturated rings. The van der Waals surface area contributed by atoms with Crippen molar-refractivity contribution in [2.45, 2.75) is 25.0 Å². The van der Waals surface area contributed by atoms with E-state index in [1.54, 1.807) is 4.68 Å². The summed E-state index contributed by atoms with van der Waals surface area (Å²) in [6.07, 6.45) is 1.32. The number of aliphatic hydroxyl groups is 1. The summed E-state index contributed by atoms with van der Waals surface area (Å²) in [5.74, 6) is 0.619. The number of benzene rings is 1. The summed E-state index contributed by atoms with van der Waals surface area (Å²) in [4.78, 5) is 0. The van der Waals surface area contributed by atoms with E-state index < -0.39 is 0 Å². The second-order valence-corrected chi connectivity index (χ2v) is 4.22. The van der Waals surface area contributed by atoms with Crippen LogP contribution >= 0.6 is 0 Å². The second kappa shape index (κ2) is 4.14. The normalized spacial score (nSPS) is 23.1. The van der Waals surface area contributed by atoms with Crippen molar-refractivity contribution in [1.82, 2.24) is 20.2 Å². The number of rotatable bonds is 3. The molecule has 2 N–H and O–H groups in total. The van der Waals surface area contributed by atoms with Gasteiger partial charge in [-0.1, -0.05) is 23.3 Å². The van der Waals surface area contributed by atoms with Crippen LogP contribution < -0.4 is 5.32 Å². The van der Waals surface area contributed by atoms with Gasteiger partial charge >= 0.3 is 0 Å². The predicted molar refractivity (Wildman–Crippen MR) is 61.8 cm³/mol. The standard InChI is InChI=1S/C11H13N5O/c17-10-6-8(7-10)12-11-13-14-15-16(11)9-4-2-1-3-5-9/h1-5,8,10,17H,6-7H2,(H,12,13,15). The van der Waals surface area contributed by atoms with Gasteiger partial charge in [0.15, 0.2) is 0 Å². The van der Waals surface area contributed by atoms with Gasteiger partial charge in [0.2, 0.25) is 5.95 Å². The monoisotopic (exact) mass is 231 g/mol. The molecule has 17 heavy (non-hydrogen) atoms. The van der Waals surface area contributed by atoms with E-state index in [-0.39, 0.29) is 12.1 Å². The number of hydrogen-bond acceptors (Lipinski definition) is 5. The van der Waals surface area contributed by atoms with Crippen LogP contribution in [0.25, 0.3) is 5.69 Å². The molecule has 0 unspecified atom stereocenters. The maximum absolute atomic E-state index is 9.23. The molecular weight excluding hydrogens is 218 g/mol. The molecule has 6 nitrogen and oxygen atoms in total. The van der Waals surface area contributed by atoms with Crippen LogP contribution in [0, 0.1) is 0 Å². The van der Waals surface area contributed by atoms with Crippen molar-refractivity contribution in [3.8, 4) is 5.69 Å². The zero-order valence-electron chi connectivity index (χ0n) is 9.19. The third-order valence-corrected chi connectivity index (χ3v) is 2.92. The summed E-state index contributed by atoms with van der Waals surface area (Å²) in [5.41, 5.74) is 0.917. The van der Waals surface area contributed by atoms with Gasteiger partial charge in [-0.3, -0.25) is 0 Å². The average molecular weight is 231 g/mol. The first-order chi connectivity index (χ1) is 8.33. The van der Waals surface area contributed by atoms with Crippen molar-refractivity contribution in [1.29, 1.82) is 0 Å². The molecule has 88 valence electrons. The molecule has 0 spiro atoms. The molecule has 0 amide bonds. The van der Waals surface area contributed by atoms with Crippen molar-refractivity contribution in [2.24, 2.45) is 0 Å². The lowest BCUT2D eigenvalue weighted by atomic mass is 9.90. The molecule has 0 aliphatic heterocycles. The van der Waals surface area contributed by atoms with E-state index in [0.29, 0.717) is 5.95 Å². The van der Waals surface area contributed by atoms with Gasteiger partial charge in [0.25, 0.3) is 0 Å². The molecule has 0 saturated heterocycles. The van der Waals surface area contributed by atoms with Crippen molar-refractivity contribution >= 4 is 5.95 Å². The van der Waals surface area contributed by atoms with Gasteiger partial charge in [0.05, 0.1) is 11.8 Å². The molecule has 1 aliphatic carbocycles. The van der Waals surface area contributed by atoms with Crippen LogP contribution in [0.4, 0.5) is 5.95 Å². The molecule has 0 bridgehead atoms. The molecular formula is C11H13N5O. The summed E-state index contributed by atoms with van der Waals surface area (Å²) < 4.78 is 1.66. The van der Waals surface area contributed by atoms with Crippen LogP contribution in [0.5, 0.6) is 0 Å². The van der Waals surface area contributed by atoms with E-state index in [1.165, 1.54) is 0 Å². The van der Waals surface area contributed by atoms with E-state index in [0.717, 1.165) is 18.5 Å². The van der Waals surface area contributed by atoms with E-state index in [2.05, 4.69) is 20.8 Å². The van der Waals surface area contributed by atoms with E-state index >= 15 is 0 Å². The summed E-state index contributed by atoms with van der Waals surface area (Å²) in [5, 5.41) is 24.0. The molecule has 0 radical (unpaired) electrons. The van der Waals surface area contributed by atoms with E-state index in [1.807, 2.05) is 30.3 Å². The minimum Gasteiger partial charge on any atom is -0.393 e. The van der Waals surface area contributed by atoms with Gasteiger partial charge in [0, 0.05) is 6.04 Å². The number of aliphatic hydroxyl groups excluding tert-OH is 1. The quantitative estimate of drug-likeness (QED) is 0.809. The third-order valence-electron chi connectivity index (χ3n) is 2.92. The molecule has 1 saturated carbocycles. The summed E-state index contributed by atoms with van der Waals surface area (Å²) >= 11 is 0. The number of aromatic nitrogens is 4. The SMILES string of the molecule is OC1CC(Nc2nnnn2-c2ccccc2)C1. The molecule has 1 aromatic heterocycles. The Morgan fingerprint density at radius 2 is 2.00 bits per heavy atom. The van der Waals surface area contributed by atoms with Crippen molar-refractivity contribution < 1.29 is 5.11 Å². The van der Waals surface area contributed by atoms with Gasteiger partial charge in [-0.2, -0.15) is 4.68 Å². The lowest BCUT2D eigenvalue weighted by molar-refractivity contribution is 0.0833. The Labute approximate surface area is 98.3 Å². The van der Waals surface area contributed by atoms with Gasteiger partial charge < -0.3 is 10.4 Å². The number of anilines is 1. The average Bonchev–Trinajstić information content (AvgIpc) is 2.76. The van der Waals surface area contributed by atoms with Crippen LogP contribution in [0.3, 0.4) is 0 Å². The fraction of sp³-hybridized carbons (Fsp3) is 0.364. The third kappa shape index (κ3) is 1.99. The number of nitrogens with one attached hydrogen (secondary N) is 1. The van der Waals surface area contributed by atoms with Gasteiger partial charge in [-0.25, -0.2) is 0 Å². The Morgan fingerprint density at radius 3 is 2.71 bits per heavy atom. The van der Waals surface area contributed by atoms with Crippen LogP contribution in [0.2, 0.25) is 0 Å². The molecule has 6 heteroatoms. The Hall–Kier alpha value is -1.95. The minimum absolute atomic E-state index is 0.187. The molecule has 1 aromatic carbocycles. The molecule has 2 aromatic rings. The van der Waals surface area contributed by atoms with Crippen LogP contribution in [-0.4, -0.2) is 37.5 Å². The fourth-order valence-corrected chi connectivity index (χ4v) is 1.91.